The highest BCUT2D eigenvalue weighted by Crippen LogP contribution is 2.09. The normalized spacial score (nSPS) is 21.9. The van der Waals surface area contributed by atoms with Crippen LogP contribution in [-0.4, -0.2) is 35.5 Å². The average Bonchev–Trinajstić information content (AvgIpc) is 2.60. The summed E-state index contributed by atoms with van der Waals surface area (Å²) < 4.78 is 0. The first-order valence-corrected chi connectivity index (χ1v) is 4.84. The molecule has 84 valence electrons. The first-order chi connectivity index (χ1) is 7.04. The Balaban J connectivity index is 2.47. The molecule has 1 fully saturated rings. The fraction of sp³-hybridized carbons (Fsp3) is 0.667. The zero-order chi connectivity index (χ0) is 11.4. The van der Waals surface area contributed by atoms with Crippen molar-refractivity contribution in [1.82, 2.24) is 10.6 Å². The molecule has 1 heterocycles. The largest absolute Gasteiger partial charge is 0.480 e. The van der Waals surface area contributed by atoms with Gasteiger partial charge in [0.15, 0.2) is 0 Å². The molecule has 0 aliphatic carbocycles. The summed E-state index contributed by atoms with van der Waals surface area (Å²) in [7, 11) is 0. The summed E-state index contributed by atoms with van der Waals surface area (Å²) in [6, 6.07) is -0.867. The van der Waals surface area contributed by atoms with Gasteiger partial charge in [0.25, 0.3) is 0 Å². The van der Waals surface area contributed by atoms with E-state index in [1.54, 1.807) is 6.92 Å². The number of hydrogen-bond acceptors (Lipinski definition) is 3. The van der Waals surface area contributed by atoms with Crippen molar-refractivity contribution in [3.63, 3.8) is 0 Å². The molecule has 0 aromatic heterocycles. The number of hydrogen-bond donors (Lipinski definition) is 3. The van der Waals surface area contributed by atoms with Crippen LogP contribution in [0, 0.1) is 5.92 Å². The Morgan fingerprint density at radius 2 is 2.33 bits per heavy atom. The van der Waals surface area contributed by atoms with Crippen LogP contribution in [0.3, 0.4) is 0 Å². The number of carboxylic acids is 1. The second-order valence-electron chi connectivity index (χ2n) is 3.51. The molecule has 1 aliphatic heterocycles. The summed E-state index contributed by atoms with van der Waals surface area (Å²) in [5.41, 5.74) is 0. The van der Waals surface area contributed by atoms with Gasteiger partial charge in [-0.2, -0.15) is 0 Å². The van der Waals surface area contributed by atoms with Crippen molar-refractivity contribution in [2.75, 3.05) is 6.54 Å². The Morgan fingerprint density at radius 3 is 2.73 bits per heavy atom. The molecule has 0 radical (unpaired) electrons. The molecule has 2 atom stereocenters. The summed E-state index contributed by atoms with van der Waals surface area (Å²) >= 11 is 0. The molecule has 1 saturated heterocycles. The standard InChI is InChI=1S/C9H14N2O4/c1-2-6(9(14)15)11-8(13)5-3-7(12)10-4-5/h5-6H,2-4H2,1H3,(H,10,12)(H,11,13)(H,14,15)/t5?,6-/m1/s1. The zero-order valence-corrected chi connectivity index (χ0v) is 8.45. The molecule has 1 aliphatic rings. The van der Waals surface area contributed by atoms with Gasteiger partial charge >= 0.3 is 5.97 Å². The molecule has 0 aromatic rings. The topological polar surface area (TPSA) is 95.5 Å². The van der Waals surface area contributed by atoms with E-state index >= 15 is 0 Å². The summed E-state index contributed by atoms with van der Waals surface area (Å²) in [5.74, 6) is -2.03. The Labute approximate surface area is 87.0 Å². The molecule has 1 rings (SSSR count). The highest BCUT2D eigenvalue weighted by Gasteiger charge is 2.30. The van der Waals surface area contributed by atoms with Gasteiger partial charge < -0.3 is 15.7 Å². The molecule has 0 saturated carbocycles. The van der Waals surface area contributed by atoms with Crippen LogP contribution >= 0.6 is 0 Å². The van der Waals surface area contributed by atoms with Crippen molar-refractivity contribution in [2.24, 2.45) is 5.92 Å². The Kier molecular flexibility index (Phi) is 3.65. The lowest BCUT2D eigenvalue weighted by molar-refractivity contribution is -0.142. The average molecular weight is 214 g/mol. The van der Waals surface area contributed by atoms with E-state index in [1.165, 1.54) is 0 Å². The lowest BCUT2D eigenvalue weighted by atomic mass is 10.1. The van der Waals surface area contributed by atoms with Crippen molar-refractivity contribution in [3.8, 4) is 0 Å². The van der Waals surface area contributed by atoms with Gasteiger partial charge in [0, 0.05) is 13.0 Å². The predicted molar refractivity (Wildman–Crippen MR) is 51.0 cm³/mol. The Bertz CT molecular complexity index is 290. The summed E-state index contributed by atoms with van der Waals surface area (Å²) in [5, 5.41) is 13.6. The van der Waals surface area contributed by atoms with E-state index < -0.39 is 17.9 Å². The minimum absolute atomic E-state index is 0.141. The monoisotopic (exact) mass is 214 g/mol. The summed E-state index contributed by atoms with van der Waals surface area (Å²) in [6.45, 7) is 1.97. The van der Waals surface area contributed by atoms with Crippen molar-refractivity contribution in [3.05, 3.63) is 0 Å². The van der Waals surface area contributed by atoms with Crippen molar-refractivity contribution in [1.29, 1.82) is 0 Å². The van der Waals surface area contributed by atoms with E-state index in [0.717, 1.165) is 0 Å². The minimum Gasteiger partial charge on any atom is -0.480 e. The van der Waals surface area contributed by atoms with Crippen LogP contribution in [0.15, 0.2) is 0 Å². The SMILES string of the molecule is CC[C@@H](NC(=O)C1CNC(=O)C1)C(=O)O. The van der Waals surface area contributed by atoms with Crippen LogP contribution in [0.5, 0.6) is 0 Å². The van der Waals surface area contributed by atoms with Crippen LogP contribution in [-0.2, 0) is 14.4 Å². The number of nitrogens with one attached hydrogen (secondary N) is 2. The number of amides is 2. The van der Waals surface area contributed by atoms with Crippen molar-refractivity contribution >= 4 is 17.8 Å². The van der Waals surface area contributed by atoms with E-state index in [2.05, 4.69) is 10.6 Å². The van der Waals surface area contributed by atoms with E-state index in [4.69, 9.17) is 5.11 Å². The number of aliphatic carboxylic acids is 1. The van der Waals surface area contributed by atoms with Crippen LogP contribution < -0.4 is 10.6 Å². The van der Waals surface area contributed by atoms with Gasteiger partial charge in [-0.05, 0) is 6.42 Å². The molecule has 0 spiro atoms. The summed E-state index contributed by atoms with van der Waals surface area (Å²) in [4.78, 5) is 33.0. The number of carbonyl (C=O) groups excluding carboxylic acids is 2. The number of carboxylic acid groups (broad SMARTS) is 1. The Morgan fingerprint density at radius 1 is 1.67 bits per heavy atom. The lowest BCUT2D eigenvalue weighted by Crippen LogP contribution is -2.43. The summed E-state index contributed by atoms with van der Waals surface area (Å²) in [6.07, 6.45) is 0.469. The van der Waals surface area contributed by atoms with Crippen LogP contribution in [0.4, 0.5) is 0 Å². The van der Waals surface area contributed by atoms with E-state index in [1.807, 2.05) is 0 Å². The van der Waals surface area contributed by atoms with E-state index in [-0.39, 0.29) is 18.2 Å². The maximum absolute atomic E-state index is 11.5. The minimum atomic E-state index is -1.05. The third-order valence-corrected chi connectivity index (χ3v) is 2.37. The Hall–Kier alpha value is -1.59. The molecule has 6 heteroatoms. The van der Waals surface area contributed by atoms with Gasteiger partial charge in [-0.15, -0.1) is 0 Å². The predicted octanol–water partition coefficient (Wildman–Crippen LogP) is -0.898. The molecule has 0 bridgehead atoms. The third kappa shape index (κ3) is 2.93. The molecular weight excluding hydrogens is 200 g/mol. The van der Waals surface area contributed by atoms with Crippen molar-refractivity contribution in [2.45, 2.75) is 25.8 Å². The number of carbonyl (C=O) groups is 3. The maximum Gasteiger partial charge on any atom is 0.326 e. The quantitative estimate of drug-likeness (QED) is 0.565. The van der Waals surface area contributed by atoms with Crippen molar-refractivity contribution < 1.29 is 19.5 Å². The third-order valence-electron chi connectivity index (χ3n) is 2.37. The van der Waals surface area contributed by atoms with Gasteiger partial charge in [0.05, 0.1) is 5.92 Å². The molecule has 3 N–H and O–H groups in total. The van der Waals surface area contributed by atoms with Gasteiger partial charge in [-0.3, -0.25) is 9.59 Å². The highest BCUT2D eigenvalue weighted by atomic mass is 16.4. The van der Waals surface area contributed by atoms with Gasteiger partial charge in [0.1, 0.15) is 6.04 Å². The lowest BCUT2D eigenvalue weighted by Gasteiger charge is -2.14. The number of rotatable bonds is 4. The van der Waals surface area contributed by atoms with Gasteiger partial charge in [-0.1, -0.05) is 6.92 Å². The first kappa shape index (κ1) is 11.5. The molecule has 2 amide bonds. The van der Waals surface area contributed by atoms with Gasteiger partial charge in [0.2, 0.25) is 11.8 Å². The smallest absolute Gasteiger partial charge is 0.326 e. The zero-order valence-electron chi connectivity index (χ0n) is 8.45. The molecule has 6 nitrogen and oxygen atoms in total. The van der Waals surface area contributed by atoms with Crippen LogP contribution in [0.25, 0.3) is 0 Å². The van der Waals surface area contributed by atoms with Crippen LogP contribution in [0.1, 0.15) is 19.8 Å². The molecule has 15 heavy (non-hydrogen) atoms. The fourth-order valence-electron chi connectivity index (χ4n) is 1.42. The fourth-order valence-corrected chi connectivity index (χ4v) is 1.42. The molecular formula is C9H14N2O4. The first-order valence-electron chi connectivity index (χ1n) is 4.84. The highest BCUT2D eigenvalue weighted by molar-refractivity contribution is 5.91. The second-order valence-corrected chi connectivity index (χ2v) is 3.51. The van der Waals surface area contributed by atoms with E-state index in [0.29, 0.717) is 13.0 Å². The second kappa shape index (κ2) is 4.77. The molecule has 1 unspecified atom stereocenters. The molecule has 0 aromatic carbocycles. The maximum atomic E-state index is 11.5. The van der Waals surface area contributed by atoms with Gasteiger partial charge in [-0.25, -0.2) is 4.79 Å². The van der Waals surface area contributed by atoms with E-state index in [9.17, 15) is 14.4 Å². The van der Waals surface area contributed by atoms with Crippen LogP contribution in [0.2, 0.25) is 0 Å².